The van der Waals surface area contributed by atoms with Crippen LogP contribution in [0, 0.1) is 13.8 Å². The molecule has 6 heteroatoms. The van der Waals surface area contributed by atoms with Gasteiger partial charge in [0.1, 0.15) is 0 Å². The second kappa shape index (κ2) is 7.35. The zero-order valence-corrected chi connectivity index (χ0v) is 15.7. The Morgan fingerprint density at radius 2 is 1.64 bits per heavy atom. The van der Waals surface area contributed by atoms with E-state index < -0.39 is 0 Å². The van der Waals surface area contributed by atoms with E-state index in [4.69, 9.17) is 0 Å². The minimum absolute atomic E-state index is 0.0758. The zero-order chi connectivity index (χ0) is 18.0. The summed E-state index contributed by atoms with van der Waals surface area (Å²) in [4.78, 5) is 33.4. The lowest BCUT2D eigenvalue weighted by molar-refractivity contribution is -0.137. The number of benzene rings is 1. The number of amides is 2. The third-order valence-corrected chi connectivity index (χ3v) is 5.49. The highest BCUT2D eigenvalue weighted by atomic mass is 32.1. The summed E-state index contributed by atoms with van der Waals surface area (Å²) in [5, 5.41) is 0.972. The molecule has 0 aliphatic carbocycles. The number of hydrogen-bond donors (Lipinski definition) is 0. The first-order chi connectivity index (χ1) is 11.9. The van der Waals surface area contributed by atoms with Crippen molar-refractivity contribution in [2.24, 2.45) is 0 Å². The van der Waals surface area contributed by atoms with Gasteiger partial charge in [-0.1, -0.05) is 29.8 Å². The molecule has 1 fully saturated rings. The van der Waals surface area contributed by atoms with Crippen molar-refractivity contribution in [1.82, 2.24) is 14.8 Å². The van der Waals surface area contributed by atoms with Crippen LogP contribution in [0.3, 0.4) is 0 Å². The van der Waals surface area contributed by atoms with Gasteiger partial charge in [0, 0.05) is 43.5 Å². The maximum Gasteiger partial charge on any atom is 0.228 e. The lowest BCUT2D eigenvalue weighted by atomic mass is 10.1. The van der Waals surface area contributed by atoms with Gasteiger partial charge >= 0.3 is 0 Å². The van der Waals surface area contributed by atoms with Crippen LogP contribution < -0.4 is 0 Å². The number of nitrogens with zero attached hydrogens (tertiary/aromatic N) is 3. The Hall–Kier alpha value is -2.21. The summed E-state index contributed by atoms with van der Waals surface area (Å²) in [6.45, 7) is 8.06. The molecule has 0 atom stereocenters. The average Bonchev–Trinajstić information content (AvgIpc) is 2.96. The molecule has 25 heavy (non-hydrogen) atoms. The third kappa shape index (κ3) is 4.07. The number of piperazine rings is 1. The van der Waals surface area contributed by atoms with E-state index in [0.29, 0.717) is 32.6 Å². The van der Waals surface area contributed by atoms with Crippen molar-refractivity contribution in [2.45, 2.75) is 27.2 Å². The largest absolute Gasteiger partial charge is 0.339 e. The van der Waals surface area contributed by atoms with Crippen LogP contribution in [0.1, 0.15) is 22.4 Å². The molecule has 1 aliphatic rings. The van der Waals surface area contributed by atoms with Crippen molar-refractivity contribution in [1.29, 1.82) is 0 Å². The Bertz CT molecular complexity index is 774. The first kappa shape index (κ1) is 17.6. The van der Waals surface area contributed by atoms with Gasteiger partial charge in [0.25, 0.3) is 0 Å². The van der Waals surface area contributed by atoms with Crippen molar-refractivity contribution in [3.05, 3.63) is 39.7 Å². The van der Waals surface area contributed by atoms with Gasteiger partial charge in [-0.2, -0.15) is 0 Å². The van der Waals surface area contributed by atoms with Gasteiger partial charge < -0.3 is 9.80 Å². The number of thiazole rings is 1. The Balaban J connectivity index is 1.72. The predicted octanol–water partition coefficient (Wildman–Crippen LogP) is 2.66. The average molecular weight is 357 g/mol. The third-order valence-electron chi connectivity index (χ3n) is 4.52. The SMILES string of the molecule is CC(=O)N1CCN(C(=O)Cc2sc(C)nc2-c2ccc(C)cc2)CC1. The van der Waals surface area contributed by atoms with Crippen LogP contribution in [0.2, 0.25) is 0 Å². The molecule has 2 amide bonds. The van der Waals surface area contributed by atoms with Crippen LogP contribution in [0.25, 0.3) is 11.3 Å². The molecule has 0 unspecified atom stereocenters. The number of rotatable bonds is 3. The predicted molar refractivity (Wildman–Crippen MR) is 99.6 cm³/mol. The molecule has 0 saturated carbocycles. The lowest BCUT2D eigenvalue weighted by Crippen LogP contribution is -2.50. The summed E-state index contributed by atoms with van der Waals surface area (Å²) >= 11 is 1.59. The Labute approximate surface area is 152 Å². The highest BCUT2D eigenvalue weighted by Crippen LogP contribution is 2.29. The minimum Gasteiger partial charge on any atom is -0.339 e. The molecule has 5 nitrogen and oxygen atoms in total. The van der Waals surface area contributed by atoms with Crippen molar-refractivity contribution in [3.8, 4) is 11.3 Å². The van der Waals surface area contributed by atoms with Gasteiger partial charge in [0.2, 0.25) is 11.8 Å². The molecular weight excluding hydrogens is 334 g/mol. The summed E-state index contributed by atoms with van der Waals surface area (Å²) in [5.41, 5.74) is 3.18. The fourth-order valence-corrected chi connectivity index (χ4v) is 4.00. The molecule has 1 saturated heterocycles. The van der Waals surface area contributed by atoms with E-state index in [1.165, 1.54) is 5.56 Å². The first-order valence-corrected chi connectivity index (χ1v) is 9.32. The molecule has 0 N–H and O–H groups in total. The summed E-state index contributed by atoms with van der Waals surface area (Å²) in [7, 11) is 0. The lowest BCUT2D eigenvalue weighted by Gasteiger charge is -2.34. The van der Waals surface area contributed by atoms with Gasteiger partial charge in [0.05, 0.1) is 17.1 Å². The van der Waals surface area contributed by atoms with E-state index in [9.17, 15) is 9.59 Å². The van der Waals surface area contributed by atoms with E-state index in [1.807, 2.05) is 11.8 Å². The van der Waals surface area contributed by atoms with Crippen LogP contribution in [0.15, 0.2) is 24.3 Å². The second-order valence-corrected chi connectivity index (χ2v) is 7.72. The zero-order valence-electron chi connectivity index (χ0n) is 14.9. The first-order valence-electron chi connectivity index (χ1n) is 8.50. The maximum atomic E-state index is 12.7. The molecule has 0 spiro atoms. The molecule has 1 aliphatic heterocycles. The van der Waals surface area contributed by atoms with Crippen molar-refractivity contribution >= 4 is 23.2 Å². The van der Waals surface area contributed by atoms with E-state index in [0.717, 1.165) is 21.1 Å². The number of aryl methyl sites for hydroxylation is 2. The van der Waals surface area contributed by atoms with Crippen LogP contribution in [0.4, 0.5) is 0 Å². The molecular formula is C19H23N3O2S. The van der Waals surface area contributed by atoms with Gasteiger partial charge in [-0.05, 0) is 13.8 Å². The smallest absolute Gasteiger partial charge is 0.228 e. The van der Waals surface area contributed by atoms with Crippen LogP contribution in [0.5, 0.6) is 0 Å². The summed E-state index contributed by atoms with van der Waals surface area (Å²) in [6.07, 6.45) is 0.370. The van der Waals surface area contributed by atoms with Gasteiger partial charge in [0.15, 0.2) is 0 Å². The standard InChI is InChI=1S/C19H23N3O2S/c1-13-4-6-16(7-5-13)19-17(25-14(2)20-19)12-18(24)22-10-8-21(9-11-22)15(3)23/h4-7H,8-12H2,1-3H3. The maximum absolute atomic E-state index is 12.7. The van der Waals surface area contributed by atoms with Gasteiger partial charge in [-0.25, -0.2) is 4.98 Å². The van der Waals surface area contributed by atoms with Crippen LogP contribution in [-0.4, -0.2) is 52.8 Å². The van der Waals surface area contributed by atoms with Gasteiger partial charge in [-0.3, -0.25) is 9.59 Å². The molecule has 1 aromatic carbocycles. The fraction of sp³-hybridized carbons (Fsp3) is 0.421. The van der Waals surface area contributed by atoms with Crippen molar-refractivity contribution in [3.63, 3.8) is 0 Å². The van der Waals surface area contributed by atoms with E-state index in [2.05, 4.69) is 36.2 Å². The highest BCUT2D eigenvalue weighted by Gasteiger charge is 2.24. The van der Waals surface area contributed by atoms with Crippen molar-refractivity contribution < 1.29 is 9.59 Å². The van der Waals surface area contributed by atoms with Crippen LogP contribution in [-0.2, 0) is 16.0 Å². The highest BCUT2D eigenvalue weighted by molar-refractivity contribution is 7.12. The Morgan fingerprint density at radius 1 is 1.04 bits per heavy atom. The Kier molecular flexibility index (Phi) is 5.18. The summed E-state index contributed by atoms with van der Waals surface area (Å²) in [5.74, 6) is 0.187. The molecule has 3 rings (SSSR count). The van der Waals surface area contributed by atoms with Crippen molar-refractivity contribution in [2.75, 3.05) is 26.2 Å². The minimum atomic E-state index is 0.0758. The fourth-order valence-electron chi connectivity index (χ4n) is 3.05. The quantitative estimate of drug-likeness (QED) is 0.849. The molecule has 2 heterocycles. The second-order valence-electron chi connectivity index (χ2n) is 6.43. The summed E-state index contributed by atoms with van der Waals surface area (Å²) in [6, 6.07) is 8.25. The molecule has 2 aromatic rings. The molecule has 132 valence electrons. The number of carbonyl (C=O) groups excluding carboxylic acids is 2. The van der Waals surface area contributed by atoms with Crippen LogP contribution >= 0.6 is 11.3 Å². The normalized spacial score (nSPS) is 14.7. The number of carbonyl (C=O) groups is 2. The topological polar surface area (TPSA) is 53.5 Å². The van der Waals surface area contributed by atoms with E-state index in [1.54, 1.807) is 23.2 Å². The number of aromatic nitrogens is 1. The van der Waals surface area contributed by atoms with E-state index >= 15 is 0 Å². The molecule has 0 bridgehead atoms. The number of hydrogen-bond acceptors (Lipinski definition) is 4. The summed E-state index contributed by atoms with van der Waals surface area (Å²) < 4.78 is 0. The van der Waals surface area contributed by atoms with Gasteiger partial charge in [-0.15, -0.1) is 11.3 Å². The molecule has 0 radical (unpaired) electrons. The molecule has 1 aromatic heterocycles. The van der Waals surface area contributed by atoms with E-state index in [-0.39, 0.29) is 11.8 Å². The Morgan fingerprint density at radius 3 is 2.24 bits per heavy atom. The monoisotopic (exact) mass is 357 g/mol.